The van der Waals surface area contributed by atoms with Crippen molar-refractivity contribution in [2.75, 3.05) is 24.1 Å². The molecular formula is C23H32N4O5S2. The molecule has 1 saturated heterocycles. The van der Waals surface area contributed by atoms with Crippen LogP contribution in [0.2, 0.25) is 0 Å². The molecule has 186 valence electrons. The van der Waals surface area contributed by atoms with Crippen molar-refractivity contribution < 1.29 is 22.8 Å². The average Bonchev–Trinajstić information content (AvgIpc) is 3.43. The molecule has 0 radical (unpaired) electrons. The number of hydrogen-bond donors (Lipinski definition) is 2. The molecule has 9 nitrogen and oxygen atoms in total. The zero-order chi connectivity index (χ0) is 24.8. The van der Waals surface area contributed by atoms with Gasteiger partial charge in [0.15, 0.2) is 6.10 Å². The summed E-state index contributed by atoms with van der Waals surface area (Å²) >= 11 is 1.68. The van der Waals surface area contributed by atoms with E-state index in [1.807, 2.05) is 38.3 Å². The number of nitrogens with zero attached hydrogens (tertiary/aromatic N) is 2. The quantitative estimate of drug-likeness (QED) is 0.570. The summed E-state index contributed by atoms with van der Waals surface area (Å²) in [6, 6.07) is 7.25. The van der Waals surface area contributed by atoms with E-state index in [1.54, 1.807) is 23.5 Å². The number of carbonyl (C=O) groups is 1. The number of hydrogen-bond acceptors (Lipinski definition) is 9. The number of oxime groups is 1. The van der Waals surface area contributed by atoms with E-state index in [9.17, 15) is 13.2 Å². The Balaban J connectivity index is 0.000000406. The van der Waals surface area contributed by atoms with Gasteiger partial charge < -0.3 is 14.9 Å². The third kappa shape index (κ3) is 7.78. The van der Waals surface area contributed by atoms with Crippen LogP contribution in [0.3, 0.4) is 0 Å². The largest absolute Gasteiger partial charge is 0.462 e. The van der Waals surface area contributed by atoms with Gasteiger partial charge in [-0.2, -0.15) is 0 Å². The van der Waals surface area contributed by atoms with E-state index < -0.39 is 10.0 Å². The Kier molecular flexibility index (Phi) is 8.67. The van der Waals surface area contributed by atoms with Crippen LogP contribution in [0.4, 0.5) is 5.69 Å². The van der Waals surface area contributed by atoms with Crippen molar-refractivity contribution in [3.05, 3.63) is 45.9 Å². The molecule has 2 aliphatic heterocycles. The van der Waals surface area contributed by atoms with Gasteiger partial charge in [0.05, 0.1) is 22.6 Å². The van der Waals surface area contributed by atoms with Crippen molar-refractivity contribution in [3.63, 3.8) is 0 Å². The SMILES string of the molecule is CC(C)(C)OC=O.CS(=O)(=O)Nc1ccccc1C1CC(c2csc(C3CCNCC3)n2)=NO1. The predicted molar refractivity (Wildman–Crippen MR) is 134 cm³/mol. The lowest BCUT2D eigenvalue weighted by Gasteiger charge is -2.20. The van der Waals surface area contributed by atoms with E-state index >= 15 is 0 Å². The highest BCUT2D eigenvalue weighted by Gasteiger charge is 2.28. The lowest BCUT2D eigenvalue weighted by atomic mass is 9.99. The van der Waals surface area contributed by atoms with Crippen LogP contribution in [0.5, 0.6) is 0 Å². The Morgan fingerprint density at radius 3 is 2.56 bits per heavy atom. The summed E-state index contributed by atoms with van der Waals surface area (Å²) in [6.45, 7) is 8.00. The number of thiazole rings is 1. The number of piperidine rings is 1. The van der Waals surface area contributed by atoms with Crippen LogP contribution in [0.25, 0.3) is 0 Å². The van der Waals surface area contributed by atoms with Crippen molar-refractivity contribution in [2.45, 2.75) is 57.7 Å². The molecule has 0 saturated carbocycles. The lowest BCUT2D eigenvalue weighted by molar-refractivity contribution is -0.138. The van der Waals surface area contributed by atoms with Crippen molar-refractivity contribution in [3.8, 4) is 0 Å². The van der Waals surface area contributed by atoms with Crippen molar-refractivity contribution >= 4 is 39.2 Å². The maximum Gasteiger partial charge on any atom is 0.293 e. The maximum absolute atomic E-state index is 11.6. The van der Waals surface area contributed by atoms with Crippen LogP contribution in [-0.2, 0) is 24.4 Å². The number of benzene rings is 1. The molecule has 2 aliphatic rings. The van der Waals surface area contributed by atoms with Gasteiger partial charge in [0, 0.05) is 23.3 Å². The average molecular weight is 509 g/mol. The molecule has 1 fully saturated rings. The number of sulfonamides is 1. The number of anilines is 1. The second kappa shape index (κ2) is 11.3. The molecule has 0 amide bonds. The Labute approximate surface area is 205 Å². The second-order valence-electron chi connectivity index (χ2n) is 9.22. The lowest BCUT2D eigenvalue weighted by Crippen LogP contribution is -2.26. The molecule has 0 spiro atoms. The molecule has 34 heavy (non-hydrogen) atoms. The first kappa shape index (κ1) is 26.1. The topological polar surface area (TPSA) is 119 Å². The molecule has 4 rings (SSSR count). The van der Waals surface area contributed by atoms with Gasteiger partial charge >= 0.3 is 0 Å². The van der Waals surface area contributed by atoms with E-state index in [-0.39, 0.29) is 11.7 Å². The van der Waals surface area contributed by atoms with Crippen molar-refractivity contribution in [2.24, 2.45) is 5.16 Å². The molecule has 3 heterocycles. The van der Waals surface area contributed by atoms with Gasteiger partial charge in [0.2, 0.25) is 10.0 Å². The normalized spacial score (nSPS) is 18.8. The van der Waals surface area contributed by atoms with E-state index in [0.717, 1.165) is 54.2 Å². The molecule has 1 aromatic heterocycles. The van der Waals surface area contributed by atoms with Crippen molar-refractivity contribution in [1.82, 2.24) is 10.3 Å². The number of nitrogens with one attached hydrogen (secondary N) is 2. The summed E-state index contributed by atoms with van der Waals surface area (Å²) in [7, 11) is -3.36. The number of aromatic nitrogens is 1. The second-order valence-corrected chi connectivity index (χ2v) is 11.9. The van der Waals surface area contributed by atoms with Crippen LogP contribution in [0.15, 0.2) is 34.8 Å². The highest BCUT2D eigenvalue weighted by atomic mass is 32.2. The third-order valence-corrected chi connectivity index (χ3v) is 6.78. The summed E-state index contributed by atoms with van der Waals surface area (Å²) in [6.07, 6.45) is 3.61. The molecule has 1 aromatic carbocycles. The van der Waals surface area contributed by atoms with Crippen LogP contribution >= 0.6 is 11.3 Å². The fraction of sp³-hybridized carbons (Fsp3) is 0.522. The smallest absolute Gasteiger partial charge is 0.293 e. The van der Waals surface area contributed by atoms with Gasteiger partial charge in [-0.05, 0) is 52.8 Å². The molecule has 11 heteroatoms. The van der Waals surface area contributed by atoms with Gasteiger partial charge in [-0.15, -0.1) is 11.3 Å². The van der Waals surface area contributed by atoms with Crippen molar-refractivity contribution in [1.29, 1.82) is 0 Å². The minimum atomic E-state index is -3.36. The zero-order valence-electron chi connectivity index (χ0n) is 19.9. The number of para-hydroxylation sites is 1. The van der Waals surface area contributed by atoms with Gasteiger partial charge in [-0.1, -0.05) is 23.4 Å². The zero-order valence-corrected chi connectivity index (χ0v) is 21.5. The van der Waals surface area contributed by atoms with E-state index in [2.05, 4.69) is 19.9 Å². The predicted octanol–water partition coefficient (Wildman–Crippen LogP) is 3.81. The summed E-state index contributed by atoms with van der Waals surface area (Å²) in [5.74, 6) is 0.517. The first-order chi connectivity index (χ1) is 16.1. The molecule has 2 aromatic rings. The summed E-state index contributed by atoms with van der Waals surface area (Å²) in [5.41, 5.74) is 2.66. The number of ether oxygens (including phenoxy) is 1. The highest BCUT2D eigenvalue weighted by molar-refractivity contribution is 7.92. The molecule has 2 N–H and O–H groups in total. The van der Waals surface area contributed by atoms with Crippen LogP contribution in [0, 0.1) is 0 Å². The summed E-state index contributed by atoms with van der Waals surface area (Å²) in [5, 5.41) is 10.8. The molecule has 0 bridgehead atoms. The van der Waals surface area contributed by atoms with Gasteiger partial charge in [-0.3, -0.25) is 9.52 Å². The molecular weight excluding hydrogens is 476 g/mol. The van der Waals surface area contributed by atoms with E-state index in [1.165, 1.54) is 0 Å². The Morgan fingerprint density at radius 1 is 1.24 bits per heavy atom. The standard InChI is InChI=1S/C18H22N4O3S2.C5H10O2/c1-27(23,24)22-14-5-3-2-4-13(14)17-10-15(21-25-17)16-11-26-18(20-16)12-6-8-19-9-7-12;1-5(2,3)7-4-6/h2-5,11-12,17,19,22H,6-10H2,1H3;4H,1-3H3. The first-order valence-corrected chi connectivity index (χ1v) is 13.9. The maximum atomic E-state index is 11.6. The highest BCUT2D eigenvalue weighted by Crippen LogP contribution is 2.35. The van der Waals surface area contributed by atoms with Crippen LogP contribution in [0.1, 0.15) is 68.3 Å². The summed E-state index contributed by atoms with van der Waals surface area (Å²) in [4.78, 5) is 20.0. The molecule has 1 atom stereocenters. The number of carbonyl (C=O) groups excluding carboxylic acids is 1. The third-order valence-electron chi connectivity index (χ3n) is 5.18. The Bertz CT molecular complexity index is 1100. The van der Waals surface area contributed by atoms with E-state index in [0.29, 0.717) is 24.5 Å². The fourth-order valence-corrected chi connectivity index (χ4v) is 5.17. The first-order valence-electron chi connectivity index (χ1n) is 11.1. The number of rotatable bonds is 6. The minimum Gasteiger partial charge on any atom is -0.462 e. The molecule has 1 unspecified atom stereocenters. The van der Waals surface area contributed by atoms with Gasteiger partial charge in [0.1, 0.15) is 11.3 Å². The fourth-order valence-electron chi connectivity index (χ4n) is 3.59. The van der Waals surface area contributed by atoms with Gasteiger partial charge in [-0.25, -0.2) is 13.4 Å². The monoisotopic (exact) mass is 508 g/mol. The Hall–Kier alpha value is -2.50. The minimum absolute atomic E-state index is 0.318. The van der Waals surface area contributed by atoms with E-state index in [4.69, 9.17) is 9.82 Å². The summed E-state index contributed by atoms with van der Waals surface area (Å²) < 4.78 is 30.3. The van der Waals surface area contributed by atoms with Crippen LogP contribution in [-0.4, -0.2) is 50.5 Å². The Morgan fingerprint density at radius 2 is 1.94 bits per heavy atom. The van der Waals surface area contributed by atoms with Gasteiger partial charge in [0.25, 0.3) is 6.47 Å². The van der Waals surface area contributed by atoms with Crippen LogP contribution < -0.4 is 10.0 Å². The molecule has 0 aliphatic carbocycles.